The zero-order valence-electron chi connectivity index (χ0n) is 12.9. The van der Waals surface area contributed by atoms with E-state index in [1.807, 2.05) is 39.0 Å². The van der Waals surface area contributed by atoms with Gasteiger partial charge in [-0.3, -0.25) is 0 Å². The Hall–Kier alpha value is -1.62. The van der Waals surface area contributed by atoms with Gasteiger partial charge in [-0.25, -0.2) is 9.18 Å². The average Bonchev–Trinajstić information content (AvgIpc) is 2.40. The molecule has 1 amide bonds. The minimum Gasteiger partial charge on any atom is -0.444 e. The molecule has 116 valence electrons. The predicted octanol–water partition coefficient (Wildman–Crippen LogP) is 3.64. The molecule has 0 unspecified atom stereocenters. The van der Waals surface area contributed by atoms with E-state index in [9.17, 15) is 9.18 Å². The van der Waals surface area contributed by atoms with Crippen LogP contribution in [0.1, 0.15) is 44.2 Å². The summed E-state index contributed by atoms with van der Waals surface area (Å²) in [6, 6.07) is 7.27. The standard InChI is InChI=1S/C16H22FNO3/c1-16(2,3)21-15(19)18(4)9-14-12-8-6-5-7-11(12)13(17)10-20-14/h5-8,13-14H,9-10H2,1-4H3/t13-,14-/m1/s1. The highest BCUT2D eigenvalue weighted by Gasteiger charge is 2.30. The maximum atomic E-state index is 13.8. The van der Waals surface area contributed by atoms with Crippen molar-refractivity contribution in [3.63, 3.8) is 0 Å². The number of nitrogens with zero attached hydrogens (tertiary/aromatic N) is 1. The van der Waals surface area contributed by atoms with Crippen LogP contribution in [0.3, 0.4) is 0 Å². The quantitative estimate of drug-likeness (QED) is 0.836. The molecule has 0 aliphatic carbocycles. The van der Waals surface area contributed by atoms with Crippen LogP contribution >= 0.6 is 0 Å². The minimum absolute atomic E-state index is 0.0177. The van der Waals surface area contributed by atoms with Crippen LogP contribution in [0.2, 0.25) is 0 Å². The smallest absolute Gasteiger partial charge is 0.410 e. The molecule has 0 radical (unpaired) electrons. The summed E-state index contributed by atoms with van der Waals surface area (Å²) in [6.07, 6.45) is -1.85. The SMILES string of the molecule is CN(C[C@H]1OC[C@@H](F)c2ccccc21)C(=O)OC(C)(C)C. The second-order valence-corrected chi connectivity index (χ2v) is 6.28. The summed E-state index contributed by atoms with van der Waals surface area (Å²) in [5, 5.41) is 0. The lowest BCUT2D eigenvalue weighted by Gasteiger charge is -2.32. The Balaban J connectivity index is 2.07. The highest BCUT2D eigenvalue weighted by molar-refractivity contribution is 5.67. The van der Waals surface area contributed by atoms with Crippen LogP contribution in [0.5, 0.6) is 0 Å². The first-order valence-corrected chi connectivity index (χ1v) is 7.06. The van der Waals surface area contributed by atoms with Crippen molar-refractivity contribution in [2.24, 2.45) is 0 Å². The Morgan fingerprint density at radius 3 is 2.62 bits per heavy atom. The summed E-state index contributed by atoms with van der Waals surface area (Å²) in [4.78, 5) is 13.4. The van der Waals surface area contributed by atoms with Gasteiger partial charge in [0.15, 0.2) is 0 Å². The van der Waals surface area contributed by atoms with Crippen molar-refractivity contribution in [3.05, 3.63) is 35.4 Å². The van der Waals surface area contributed by atoms with Crippen LogP contribution in [0, 0.1) is 0 Å². The fraction of sp³-hybridized carbons (Fsp3) is 0.562. The normalized spacial score (nSPS) is 21.6. The van der Waals surface area contributed by atoms with Crippen molar-refractivity contribution in [2.75, 3.05) is 20.2 Å². The molecule has 0 aromatic heterocycles. The van der Waals surface area contributed by atoms with Gasteiger partial charge in [-0.05, 0) is 31.9 Å². The van der Waals surface area contributed by atoms with Gasteiger partial charge in [0.05, 0.1) is 13.2 Å². The molecule has 1 heterocycles. The molecule has 0 fully saturated rings. The van der Waals surface area contributed by atoms with Crippen molar-refractivity contribution >= 4 is 6.09 Å². The van der Waals surface area contributed by atoms with Crippen molar-refractivity contribution in [1.82, 2.24) is 4.90 Å². The monoisotopic (exact) mass is 295 g/mol. The van der Waals surface area contributed by atoms with E-state index in [4.69, 9.17) is 9.47 Å². The van der Waals surface area contributed by atoms with Crippen LogP contribution in [-0.2, 0) is 9.47 Å². The Morgan fingerprint density at radius 1 is 1.38 bits per heavy atom. The van der Waals surface area contributed by atoms with Crippen LogP contribution < -0.4 is 0 Å². The summed E-state index contributed by atoms with van der Waals surface area (Å²) >= 11 is 0. The molecule has 5 heteroatoms. The van der Waals surface area contributed by atoms with Gasteiger partial charge in [-0.1, -0.05) is 24.3 Å². The van der Waals surface area contributed by atoms with E-state index in [-0.39, 0.29) is 12.7 Å². The van der Waals surface area contributed by atoms with E-state index in [1.165, 1.54) is 4.90 Å². The number of hydrogen-bond acceptors (Lipinski definition) is 3. The summed E-state index contributed by atoms with van der Waals surface area (Å²) in [5.74, 6) is 0. The number of amides is 1. The number of alkyl halides is 1. The molecule has 0 N–H and O–H groups in total. The lowest BCUT2D eigenvalue weighted by molar-refractivity contribution is -0.0236. The molecule has 0 saturated carbocycles. The first kappa shape index (κ1) is 15.8. The molecular weight excluding hydrogens is 273 g/mol. The number of benzene rings is 1. The molecule has 1 aromatic rings. The number of fused-ring (bicyclic) bond motifs is 1. The summed E-state index contributed by atoms with van der Waals surface area (Å²) in [6.45, 7) is 5.80. The third-order valence-electron chi connectivity index (χ3n) is 3.27. The fourth-order valence-corrected chi connectivity index (χ4v) is 2.28. The number of carbonyl (C=O) groups is 1. The Morgan fingerprint density at radius 2 is 2.00 bits per heavy atom. The summed E-state index contributed by atoms with van der Waals surface area (Å²) in [5.41, 5.74) is 0.902. The van der Waals surface area contributed by atoms with Gasteiger partial charge in [-0.2, -0.15) is 0 Å². The number of rotatable bonds is 2. The van der Waals surface area contributed by atoms with Gasteiger partial charge in [0.1, 0.15) is 17.9 Å². The van der Waals surface area contributed by atoms with Crippen LogP contribution in [-0.4, -0.2) is 36.8 Å². The largest absolute Gasteiger partial charge is 0.444 e. The Kier molecular flexibility index (Phi) is 4.52. The number of ether oxygens (including phenoxy) is 2. The molecule has 21 heavy (non-hydrogen) atoms. The molecule has 0 saturated heterocycles. The second kappa shape index (κ2) is 6.02. The van der Waals surface area contributed by atoms with E-state index in [2.05, 4.69) is 0 Å². The first-order chi connectivity index (χ1) is 9.78. The number of carbonyl (C=O) groups excluding carboxylic acids is 1. The van der Waals surface area contributed by atoms with E-state index in [1.54, 1.807) is 13.1 Å². The number of likely N-dealkylation sites (N-methyl/N-ethyl adjacent to an activating group) is 1. The van der Waals surface area contributed by atoms with Gasteiger partial charge in [0, 0.05) is 7.05 Å². The zero-order chi connectivity index (χ0) is 15.6. The third kappa shape index (κ3) is 3.94. The minimum atomic E-state index is -1.11. The van der Waals surface area contributed by atoms with Crippen molar-refractivity contribution in [1.29, 1.82) is 0 Å². The van der Waals surface area contributed by atoms with Gasteiger partial charge >= 0.3 is 6.09 Å². The molecule has 2 rings (SSSR count). The molecule has 1 aliphatic rings. The zero-order valence-corrected chi connectivity index (χ0v) is 12.9. The number of halogens is 1. The third-order valence-corrected chi connectivity index (χ3v) is 3.27. The maximum absolute atomic E-state index is 13.8. The van der Waals surface area contributed by atoms with Crippen molar-refractivity contribution < 1.29 is 18.7 Å². The van der Waals surface area contributed by atoms with Gasteiger partial charge in [-0.15, -0.1) is 0 Å². The average molecular weight is 295 g/mol. The first-order valence-electron chi connectivity index (χ1n) is 7.06. The molecule has 0 spiro atoms. The van der Waals surface area contributed by atoms with E-state index in [0.717, 1.165) is 5.56 Å². The lowest BCUT2D eigenvalue weighted by atomic mass is 9.96. The van der Waals surface area contributed by atoms with Crippen LogP contribution in [0.25, 0.3) is 0 Å². The van der Waals surface area contributed by atoms with E-state index in [0.29, 0.717) is 12.1 Å². The summed E-state index contributed by atoms with van der Waals surface area (Å²) < 4.78 is 24.7. The van der Waals surface area contributed by atoms with E-state index >= 15 is 0 Å². The van der Waals surface area contributed by atoms with E-state index < -0.39 is 17.9 Å². The topological polar surface area (TPSA) is 38.8 Å². The molecule has 1 aliphatic heterocycles. The highest BCUT2D eigenvalue weighted by atomic mass is 19.1. The highest BCUT2D eigenvalue weighted by Crippen LogP contribution is 2.34. The number of hydrogen-bond donors (Lipinski definition) is 0. The van der Waals surface area contributed by atoms with Gasteiger partial charge in [0.2, 0.25) is 0 Å². The van der Waals surface area contributed by atoms with Crippen molar-refractivity contribution in [3.8, 4) is 0 Å². The Labute approximate surface area is 124 Å². The lowest BCUT2D eigenvalue weighted by Crippen LogP contribution is -2.38. The van der Waals surface area contributed by atoms with Crippen molar-refractivity contribution in [2.45, 2.75) is 38.6 Å². The molecule has 4 nitrogen and oxygen atoms in total. The molecular formula is C16H22FNO3. The molecule has 2 atom stereocenters. The Bertz CT molecular complexity index is 512. The second-order valence-electron chi connectivity index (χ2n) is 6.28. The molecule has 1 aromatic carbocycles. The fourth-order valence-electron chi connectivity index (χ4n) is 2.28. The van der Waals surface area contributed by atoms with Crippen LogP contribution in [0.4, 0.5) is 9.18 Å². The van der Waals surface area contributed by atoms with Gasteiger partial charge < -0.3 is 14.4 Å². The van der Waals surface area contributed by atoms with Gasteiger partial charge in [0.25, 0.3) is 0 Å². The summed E-state index contributed by atoms with van der Waals surface area (Å²) in [7, 11) is 1.65. The predicted molar refractivity (Wildman–Crippen MR) is 77.8 cm³/mol. The molecule has 0 bridgehead atoms. The maximum Gasteiger partial charge on any atom is 0.410 e. The van der Waals surface area contributed by atoms with Crippen LogP contribution in [0.15, 0.2) is 24.3 Å².